The molecule has 1 radical (unpaired) electrons. The average molecular weight is 165 g/mol. The van der Waals surface area contributed by atoms with Crippen molar-refractivity contribution in [3.8, 4) is 0 Å². The van der Waals surface area contributed by atoms with Crippen molar-refractivity contribution in [2.75, 3.05) is 0 Å². The molecule has 0 fully saturated rings. The van der Waals surface area contributed by atoms with Crippen LogP contribution in [0.3, 0.4) is 0 Å². The Balaban J connectivity index is 2.86. The van der Waals surface area contributed by atoms with Crippen molar-refractivity contribution in [2.45, 2.75) is 6.92 Å². The number of hydrogen-bond donors (Lipinski definition) is 0. The minimum absolute atomic E-state index is 0.188. The Morgan fingerprint density at radius 3 is 3.09 bits per heavy atom. The van der Waals surface area contributed by atoms with E-state index in [9.17, 15) is 4.39 Å². The lowest BCUT2D eigenvalue weighted by atomic mass is 10.2. The van der Waals surface area contributed by atoms with Crippen LogP contribution in [-0.4, -0.2) is 0 Å². The third kappa shape index (κ3) is 1.03. The fourth-order valence-electron chi connectivity index (χ4n) is 1.09. The molecule has 0 aliphatic heterocycles. The van der Waals surface area contributed by atoms with E-state index in [1.54, 1.807) is 6.07 Å². The van der Waals surface area contributed by atoms with Crippen molar-refractivity contribution in [2.24, 2.45) is 0 Å². The van der Waals surface area contributed by atoms with Gasteiger partial charge >= 0.3 is 0 Å². The van der Waals surface area contributed by atoms with Gasteiger partial charge in [-0.15, -0.1) is 11.3 Å². The molecule has 0 N–H and O–H groups in total. The van der Waals surface area contributed by atoms with Crippen LogP contribution in [0.2, 0.25) is 0 Å². The summed E-state index contributed by atoms with van der Waals surface area (Å²) in [7, 11) is 0. The van der Waals surface area contributed by atoms with Gasteiger partial charge in [-0.25, -0.2) is 4.39 Å². The molecule has 0 bridgehead atoms. The minimum Gasteiger partial charge on any atom is -0.207 e. The topological polar surface area (TPSA) is 0 Å². The average Bonchev–Trinajstić information content (AvgIpc) is 2.32. The molecule has 0 amide bonds. The zero-order chi connectivity index (χ0) is 7.84. The monoisotopic (exact) mass is 165 g/mol. The molecule has 0 nitrogen and oxygen atoms in total. The van der Waals surface area contributed by atoms with E-state index in [0.29, 0.717) is 0 Å². The van der Waals surface area contributed by atoms with Gasteiger partial charge in [0, 0.05) is 10.3 Å². The summed E-state index contributed by atoms with van der Waals surface area (Å²) in [5.74, 6) is -0.188. The lowest BCUT2D eigenvalue weighted by molar-refractivity contribution is 0.630. The highest BCUT2D eigenvalue weighted by Gasteiger charge is 2.00. The first-order valence-electron chi connectivity index (χ1n) is 3.34. The largest absolute Gasteiger partial charge is 0.207 e. The summed E-state index contributed by atoms with van der Waals surface area (Å²) in [6, 6.07) is 4.79. The highest BCUT2D eigenvalue weighted by molar-refractivity contribution is 7.11. The van der Waals surface area contributed by atoms with E-state index in [1.807, 2.05) is 6.92 Å². The fourth-order valence-corrected chi connectivity index (χ4v) is 1.81. The second kappa shape index (κ2) is 2.31. The molecular weight excluding hydrogens is 159 g/mol. The Bertz CT molecular complexity index is 389. The van der Waals surface area contributed by atoms with E-state index in [4.69, 9.17) is 0 Å². The Morgan fingerprint density at radius 1 is 1.45 bits per heavy atom. The maximum absolute atomic E-state index is 12.6. The van der Waals surface area contributed by atoms with Crippen LogP contribution in [0, 0.1) is 18.1 Å². The first-order valence-corrected chi connectivity index (χ1v) is 4.15. The van der Waals surface area contributed by atoms with E-state index in [2.05, 4.69) is 5.38 Å². The van der Waals surface area contributed by atoms with Gasteiger partial charge in [0.15, 0.2) is 0 Å². The van der Waals surface area contributed by atoms with Crippen molar-refractivity contribution in [3.63, 3.8) is 0 Å². The van der Waals surface area contributed by atoms with Gasteiger partial charge in [0.2, 0.25) is 0 Å². The van der Waals surface area contributed by atoms with E-state index in [1.165, 1.54) is 28.3 Å². The molecule has 0 saturated heterocycles. The third-order valence-corrected chi connectivity index (χ3v) is 2.52. The summed E-state index contributed by atoms with van der Waals surface area (Å²) in [5, 5.41) is 5.02. The molecule has 0 aliphatic rings. The summed E-state index contributed by atoms with van der Waals surface area (Å²) < 4.78 is 12.6. The number of rotatable bonds is 0. The highest BCUT2D eigenvalue weighted by Crippen LogP contribution is 2.24. The SMILES string of the molecule is Cc1s[c]c2cc(F)ccc12. The molecule has 0 unspecified atom stereocenters. The molecule has 0 atom stereocenters. The van der Waals surface area contributed by atoms with Gasteiger partial charge in [-0.3, -0.25) is 0 Å². The van der Waals surface area contributed by atoms with Crippen molar-refractivity contribution < 1.29 is 4.39 Å². The number of fused-ring (bicyclic) bond motifs is 1. The number of halogens is 1. The first kappa shape index (κ1) is 6.80. The predicted octanol–water partition coefficient (Wildman–Crippen LogP) is 3.15. The molecule has 2 rings (SSSR count). The van der Waals surface area contributed by atoms with E-state index >= 15 is 0 Å². The van der Waals surface area contributed by atoms with E-state index in [0.717, 1.165) is 10.8 Å². The highest BCUT2D eigenvalue weighted by atomic mass is 32.1. The van der Waals surface area contributed by atoms with Crippen LogP contribution in [0.1, 0.15) is 4.88 Å². The molecule has 55 valence electrons. The molecule has 0 aliphatic carbocycles. The van der Waals surface area contributed by atoms with Gasteiger partial charge in [0.25, 0.3) is 0 Å². The van der Waals surface area contributed by atoms with Gasteiger partial charge in [-0.1, -0.05) is 6.07 Å². The summed E-state index contributed by atoms with van der Waals surface area (Å²) in [6.07, 6.45) is 0. The van der Waals surface area contributed by atoms with Crippen molar-refractivity contribution >= 4 is 22.1 Å². The van der Waals surface area contributed by atoms with Gasteiger partial charge < -0.3 is 0 Å². The first-order chi connectivity index (χ1) is 5.27. The van der Waals surface area contributed by atoms with Crippen LogP contribution < -0.4 is 0 Å². The zero-order valence-corrected chi connectivity index (χ0v) is 6.83. The second-order valence-electron chi connectivity index (χ2n) is 2.45. The van der Waals surface area contributed by atoms with Crippen molar-refractivity contribution in [1.29, 1.82) is 0 Å². The predicted molar refractivity (Wildman–Crippen MR) is 45.4 cm³/mol. The van der Waals surface area contributed by atoms with E-state index in [-0.39, 0.29) is 5.82 Å². The number of hydrogen-bond acceptors (Lipinski definition) is 1. The number of aryl methyl sites for hydroxylation is 1. The second-order valence-corrected chi connectivity index (χ2v) is 3.47. The van der Waals surface area contributed by atoms with Crippen molar-refractivity contribution in [1.82, 2.24) is 0 Å². The van der Waals surface area contributed by atoms with Crippen molar-refractivity contribution in [3.05, 3.63) is 34.3 Å². The zero-order valence-electron chi connectivity index (χ0n) is 6.02. The minimum atomic E-state index is -0.188. The number of benzene rings is 1. The van der Waals surface area contributed by atoms with Crippen LogP contribution >= 0.6 is 11.3 Å². The Kier molecular flexibility index (Phi) is 1.43. The van der Waals surface area contributed by atoms with Crippen LogP contribution in [0.4, 0.5) is 4.39 Å². The normalized spacial score (nSPS) is 10.7. The summed E-state index contributed by atoms with van der Waals surface area (Å²) in [6.45, 7) is 2.02. The Morgan fingerprint density at radius 2 is 2.27 bits per heavy atom. The van der Waals surface area contributed by atoms with Gasteiger partial charge in [0.05, 0.1) is 5.38 Å². The smallest absolute Gasteiger partial charge is 0.123 e. The molecule has 2 heteroatoms. The third-order valence-electron chi connectivity index (χ3n) is 1.67. The standard InChI is InChI=1S/C9H6FS/c1-6-9-3-2-8(10)4-7(9)5-11-6/h2-4H,1H3. The maximum atomic E-state index is 12.6. The van der Waals surface area contributed by atoms with E-state index < -0.39 is 0 Å². The van der Waals surface area contributed by atoms with Crippen LogP contribution in [0.25, 0.3) is 10.8 Å². The van der Waals surface area contributed by atoms with Gasteiger partial charge in [-0.2, -0.15) is 0 Å². The quantitative estimate of drug-likeness (QED) is 0.562. The molecule has 2 aromatic rings. The molecule has 1 aromatic heterocycles. The fraction of sp³-hybridized carbons (Fsp3) is 0.111. The molecule has 1 aromatic carbocycles. The molecule has 0 spiro atoms. The van der Waals surface area contributed by atoms with Crippen LogP contribution in [0.5, 0.6) is 0 Å². The van der Waals surface area contributed by atoms with Gasteiger partial charge in [0.1, 0.15) is 5.82 Å². The van der Waals surface area contributed by atoms with Gasteiger partial charge in [-0.05, 0) is 24.4 Å². The molecule has 0 saturated carbocycles. The van der Waals surface area contributed by atoms with Crippen LogP contribution in [-0.2, 0) is 0 Å². The Labute approximate surface area is 68.3 Å². The van der Waals surface area contributed by atoms with Crippen LogP contribution in [0.15, 0.2) is 18.2 Å². The molecule has 11 heavy (non-hydrogen) atoms. The Hall–Kier alpha value is -0.890. The number of thiophene rings is 1. The summed E-state index contributed by atoms with van der Waals surface area (Å²) >= 11 is 1.53. The summed E-state index contributed by atoms with van der Waals surface area (Å²) in [4.78, 5) is 1.19. The molecular formula is C9H6FS. The maximum Gasteiger partial charge on any atom is 0.123 e. The lowest BCUT2D eigenvalue weighted by Gasteiger charge is -1.89. The lowest BCUT2D eigenvalue weighted by Crippen LogP contribution is -1.71. The molecule has 1 heterocycles. The summed E-state index contributed by atoms with van der Waals surface area (Å²) in [5.41, 5.74) is 0.